The van der Waals surface area contributed by atoms with Crippen LogP contribution >= 0.6 is 0 Å². The van der Waals surface area contributed by atoms with E-state index in [1.807, 2.05) is 20.8 Å². The summed E-state index contributed by atoms with van der Waals surface area (Å²) in [7, 11) is 0. The van der Waals surface area contributed by atoms with Gasteiger partial charge in [0.1, 0.15) is 29.3 Å². The SMILES string of the molecule is Cc1c(C)c2c(c(C)c1OC(=O)OCC(C)(CCOC(=O)c1cccnc1)OC(=O)c1cccnc1)CCC(C)(CCCC(C)CCCC(C)CCCC(C)C)O2. The molecule has 0 N–H and O–H groups in total. The molecule has 3 aromatic rings. The van der Waals surface area contributed by atoms with E-state index in [4.69, 9.17) is 23.7 Å². The maximum absolute atomic E-state index is 13.3. The monoisotopic (exact) mass is 786 g/mol. The second-order valence-corrected chi connectivity index (χ2v) is 17.3. The zero-order chi connectivity index (χ0) is 41.6. The summed E-state index contributed by atoms with van der Waals surface area (Å²) in [4.78, 5) is 46.8. The van der Waals surface area contributed by atoms with Crippen molar-refractivity contribution in [1.29, 1.82) is 0 Å². The Balaban J connectivity index is 1.33. The van der Waals surface area contributed by atoms with Gasteiger partial charge >= 0.3 is 18.1 Å². The molecule has 0 saturated heterocycles. The molecule has 0 fully saturated rings. The molecule has 0 aliphatic carbocycles. The lowest BCUT2D eigenvalue weighted by molar-refractivity contribution is -0.0579. The van der Waals surface area contributed by atoms with E-state index in [-0.39, 0.29) is 36.4 Å². The molecule has 0 spiro atoms. The van der Waals surface area contributed by atoms with Gasteiger partial charge in [-0.15, -0.1) is 0 Å². The molecule has 57 heavy (non-hydrogen) atoms. The van der Waals surface area contributed by atoms with Crippen molar-refractivity contribution in [2.75, 3.05) is 13.2 Å². The summed E-state index contributed by atoms with van der Waals surface area (Å²) in [6, 6.07) is 6.42. The molecule has 1 aliphatic rings. The normalized spacial score (nSPS) is 17.1. The summed E-state index contributed by atoms with van der Waals surface area (Å²) in [5.74, 6) is 2.41. The Labute approximate surface area is 340 Å². The van der Waals surface area contributed by atoms with E-state index in [9.17, 15) is 14.4 Å². The zero-order valence-corrected chi connectivity index (χ0v) is 35.9. The average molecular weight is 787 g/mol. The largest absolute Gasteiger partial charge is 0.514 e. The molecule has 4 unspecified atom stereocenters. The molecule has 4 rings (SSSR count). The van der Waals surface area contributed by atoms with Crippen LogP contribution in [0.25, 0.3) is 0 Å². The second kappa shape index (κ2) is 21.3. The lowest BCUT2D eigenvalue weighted by Crippen LogP contribution is -2.39. The van der Waals surface area contributed by atoms with Gasteiger partial charge in [-0.2, -0.15) is 0 Å². The number of carbonyl (C=O) groups is 3. The smallest absolute Gasteiger partial charge is 0.487 e. The number of hydrogen-bond donors (Lipinski definition) is 0. The summed E-state index contributed by atoms with van der Waals surface area (Å²) in [6.45, 7) is 18.7. The lowest BCUT2D eigenvalue weighted by atomic mass is 9.83. The molecule has 3 heterocycles. The fourth-order valence-corrected chi connectivity index (χ4v) is 7.58. The van der Waals surface area contributed by atoms with Crippen molar-refractivity contribution < 1.29 is 38.1 Å². The number of esters is 2. The van der Waals surface area contributed by atoms with Crippen LogP contribution in [-0.4, -0.2) is 52.5 Å². The van der Waals surface area contributed by atoms with Crippen LogP contribution in [0.3, 0.4) is 0 Å². The third kappa shape index (κ3) is 13.9. The highest BCUT2D eigenvalue weighted by molar-refractivity contribution is 5.89. The lowest BCUT2D eigenvalue weighted by Gasteiger charge is -2.38. The summed E-state index contributed by atoms with van der Waals surface area (Å²) in [5, 5.41) is 0. The van der Waals surface area contributed by atoms with Crippen LogP contribution in [0.5, 0.6) is 11.5 Å². The topological polar surface area (TPSA) is 123 Å². The van der Waals surface area contributed by atoms with E-state index in [1.165, 1.54) is 57.3 Å². The maximum atomic E-state index is 13.3. The van der Waals surface area contributed by atoms with Gasteiger partial charge in [0.25, 0.3) is 0 Å². The molecule has 0 radical (unpaired) electrons. The van der Waals surface area contributed by atoms with Crippen LogP contribution in [0, 0.1) is 38.5 Å². The van der Waals surface area contributed by atoms with Crippen LogP contribution in [0.1, 0.15) is 155 Å². The van der Waals surface area contributed by atoms with Crippen molar-refractivity contribution in [2.45, 2.75) is 151 Å². The van der Waals surface area contributed by atoms with E-state index in [0.29, 0.717) is 11.7 Å². The van der Waals surface area contributed by atoms with Crippen molar-refractivity contribution in [2.24, 2.45) is 17.8 Å². The first kappa shape index (κ1) is 45.2. The number of aromatic nitrogens is 2. The van der Waals surface area contributed by atoms with E-state index < -0.39 is 23.7 Å². The van der Waals surface area contributed by atoms with Gasteiger partial charge in [-0.1, -0.05) is 72.6 Å². The van der Waals surface area contributed by atoms with Gasteiger partial charge in [-0.25, -0.2) is 14.4 Å². The Morgan fingerprint density at radius 3 is 2.00 bits per heavy atom. The van der Waals surface area contributed by atoms with Crippen LogP contribution in [-0.2, 0) is 20.6 Å². The third-order valence-electron chi connectivity index (χ3n) is 11.5. The van der Waals surface area contributed by atoms with Crippen molar-refractivity contribution >= 4 is 18.1 Å². The van der Waals surface area contributed by atoms with Gasteiger partial charge in [-0.05, 0) is 119 Å². The van der Waals surface area contributed by atoms with Crippen molar-refractivity contribution in [3.63, 3.8) is 0 Å². The van der Waals surface area contributed by atoms with Crippen LogP contribution in [0.4, 0.5) is 4.79 Å². The molecule has 0 amide bonds. The maximum Gasteiger partial charge on any atom is 0.514 e. The van der Waals surface area contributed by atoms with Gasteiger partial charge in [0.15, 0.2) is 0 Å². The fourth-order valence-electron chi connectivity index (χ4n) is 7.58. The number of rotatable bonds is 21. The number of carbonyl (C=O) groups excluding carboxylic acids is 3. The Morgan fingerprint density at radius 1 is 0.807 bits per heavy atom. The number of hydrogen-bond acceptors (Lipinski definition) is 10. The van der Waals surface area contributed by atoms with E-state index in [2.05, 4.69) is 44.6 Å². The van der Waals surface area contributed by atoms with Crippen LogP contribution in [0.15, 0.2) is 49.1 Å². The summed E-state index contributed by atoms with van der Waals surface area (Å²) < 4.78 is 29.5. The molecule has 1 aliphatic heterocycles. The van der Waals surface area contributed by atoms with Gasteiger partial charge in [0.2, 0.25) is 0 Å². The van der Waals surface area contributed by atoms with E-state index in [1.54, 1.807) is 43.6 Å². The minimum atomic E-state index is -1.36. The van der Waals surface area contributed by atoms with Gasteiger partial charge < -0.3 is 23.7 Å². The van der Waals surface area contributed by atoms with Crippen LogP contribution in [0.2, 0.25) is 0 Å². The molecule has 2 aromatic heterocycles. The van der Waals surface area contributed by atoms with Crippen molar-refractivity contribution in [3.8, 4) is 11.5 Å². The predicted octanol–water partition coefficient (Wildman–Crippen LogP) is 11.3. The fraction of sp³-hybridized carbons (Fsp3) is 0.596. The van der Waals surface area contributed by atoms with Gasteiger partial charge in [0, 0.05) is 36.8 Å². The number of nitrogens with zero attached hydrogens (tertiary/aromatic N) is 2. The minimum absolute atomic E-state index is 0.0429. The molecule has 0 saturated carbocycles. The summed E-state index contributed by atoms with van der Waals surface area (Å²) >= 11 is 0. The highest BCUT2D eigenvalue weighted by Crippen LogP contribution is 2.45. The number of pyridine rings is 2. The van der Waals surface area contributed by atoms with E-state index in [0.717, 1.165) is 65.5 Å². The van der Waals surface area contributed by atoms with Crippen LogP contribution < -0.4 is 9.47 Å². The predicted molar refractivity (Wildman–Crippen MR) is 222 cm³/mol. The first-order valence-corrected chi connectivity index (χ1v) is 21.0. The molecule has 312 valence electrons. The molecule has 1 aromatic carbocycles. The average Bonchev–Trinajstić information content (AvgIpc) is 3.18. The minimum Gasteiger partial charge on any atom is -0.487 e. The summed E-state index contributed by atoms with van der Waals surface area (Å²) in [6.07, 6.45) is 18.0. The van der Waals surface area contributed by atoms with Crippen molar-refractivity contribution in [1.82, 2.24) is 9.97 Å². The second-order valence-electron chi connectivity index (χ2n) is 17.3. The molecular formula is C47H66N2O8. The zero-order valence-electron chi connectivity index (χ0n) is 35.9. The Kier molecular flexibility index (Phi) is 16.9. The third-order valence-corrected chi connectivity index (χ3v) is 11.5. The van der Waals surface area contributed by atoms with Gasteiger partial charge in [-0.3, -0.25) is 9.97 Å². The number of fused-ring (bicyclic) bond motifs is 1. The highest BCUT2D eigenvalue weighted by Gasteiger charge is 2.36. The molecular weight excluding hydrogens is 721 g/mol. The van der Waals surface area contributed by atoms with Crippen molar-refractivity contribution in [3.05, 3.63) is 82.4 Å². The van der Waals surface area contributed by atoms with E-state index >= 15 is 0 Å². The number of benzene rings is 1. The summed E-state index contributed by atoms with van der Waals surface area (Å²) in [5.41, 5.74) is 2.51. The first-order valence-electron chi connectivity index (χ1n) is 21.0. The molecule has 10 heteroatoms. The Morgan fingerprint density at radius 2 is 1.40 bits per heavy atom. The molecule has 10 nitrogen and oxygen atoms in total. The molecule has 0 bridgehead atoms. The quantitative estimate of drug-likeness (QED) is 0.0585. The Hall–Kier alpha value is -4.47. The number of ether oxygens (including phenoxy) is 5. The molecule has 4 atom stereocenters. The first-order chi connectivity index (χ1) is 27.1. The standard InChI is InChI=1S/C47H66N2O8/c1-32(2)15-10-16-33(3)17-11-18-34(4)19-12-23-46(8)24-22-40-37(7)41(35(5)36(6)42(40)56-46)55-45(52)54-31-47(9,57-44(51)39-21-14-27-49-30-39)25-28-53-43(50)38-20-13-26-48-29-38/h13-14,20-21,26-27,29-30,32-34H,10-12,15-19,22-25,28,31H2,1-9H3. The Bertz CT molecular complexity index is 1760. The van der Waals surface area contributed by atoms with Gasteiger partial charge in [0.05, 0.1) is 17.7 Å². The highest BCUT2D eigenvalue weighted by atomic mass is 16.7.